The Morgan fingerprint density at radius 1 is 1.22 bits per heavy atom. The molecule has 1 N–H and O–H groups in total. The van der Waals surface area contributed by atoms with Gasteiger partial charge in [-0.3, -0.25) is 4.79 Å². The molecule has 1 aromatic heterocycles. The predicted octanol–water partition coefficient (Wildman–Crippen LogP) is 4.46. The molecule has 0 fully saturated rings. The molecular formula is C13H11Cl2NO2. The van der Waals surface area contributed by atoms with E-state index in [9.17, 15) is 4.79 Å². The Bertz CT molecular complexity index is 585. The normalized spacial score (nSPS) is 10.4. The van der Waals surface area contributed by atoms with E-state index >= 15 is 0 Å². The Hall–Kier alpha value is -1.45. The molecule has 0 bridgehead atoms. The zero-order valence-corrected chi connectivity index (χ0v) is 11.4. The molecular weight excluding hydrogens is 273 g/mol. The molecule has 0 saturated heterocycles. The zero-order valence-electron chi connectivity index (χ0n) is 9.88. The first-order chi connectivity index (χ1) is 8.49. The fourth-order valence-corrected chi connectivity index (χ4v) is 2.15. The van der Waals surface area contributed by atoms with Crippen LogP contribution in [0.25, 0.3) is 0 Å². The standard InChI is InChI=1S/C13H11Cl2NO2/c1-7-6-9(8(2)18-7)13(17)16-12-10(14)4-3-5-11(12)15/h3-6H,1-2H3,(H,16,17). The SMILES string of the molecule is Cc1cc(C(=O)Nc2c(Cl)cccc2Cl)c(C)o1. The summed E-state index contributed by atoms with van der Waals surface area (Å²) in [6, 6.07) is 6.72. The summed E-state index contributed by atoms with van der Waals surface area (Å²) >= 11 is 12.0. The summed E-state index contributed by atoms with van der Waals surface area (Å²) in [6.45, 7) is 3.52. The second-order valence-electron chi connectivity index (χ2n) is 3.88. The van der Waals surface area contributed by atoms with E-state index in [1.165, 1.54) is 0 Å². The number of hydrogen-bond donors (Lipinski definition) is 1. The fraction of sp³-hybridized carbons (Fsp3) is 0.154. The van der Waals surface area contributed by atoms with Crippen molar-refractivity contribution in [3.63, 3.8) is 0 Å². The van der Waals surface area contributed by atoms with Crippen molar-refractivity contribution in [3.05, 3.63) is 51.4 Å². The quantitative estimate of drug-likeness (QED) is 0.884. The van der Waals surface area contributed by atoms with E-state index in [1.807, 2.05) is 0 Å². The maximum Gasteiger partial charge on any atom is 0.259 e. The van der Waals surface area contributed by atoms with Crippen LogP contribution < -0.4 is 5.32 Å². The third-order valence-corrected chi connectivity index (χ3v) is 3.12. The average Bonchev–Trinajstić information content (AvgIpc) is 2.63. The third-order valence-electron chi connectivity index (χ3n) is 2.49. The number of furan rings is 1. The molecule has 94 valence electrons. The van der Waals surface area contributed by atoms with Crippen molar-refractivity contribution in [2.24, 2.45) is 0 Å². The smallest absolute Gasteiger partial charge is 0.259 e. The van der Waals surface area contributed by atoms with Crippen molar-refractivity contribution >= 4 is 34.8 Å². The highest BCUT2D eigenvalue weighted by atomic mass is 35.5. The molecule has 3 nitrogen and oxygen atoms in total. The number of carbonyl (C=O) groups is 1. The van der Waals surface area contributed by atoms with Crippen LogP contribution in [0.1, 0.15) is 21.9 Å². The Labute approximate surface area is 115 Å². The van der Waals surface area contributed by atoms with E-state index in [2.05, 4.69) is 5.32 Å². The van der Waals surface area contributed by atoms with E-state index in [0.717, 1.165) is 0 Å². The second kappa shape index (κ2) is 5.04. The van der Waals surface area contributed by atoms with Crippen LogP contribution in [0.5, 0.6) is 0 Å². The van der Waals surface area contributed by atoms with Crippen molar-refractivity contribution in [2.45, 2.75) is 13.8 Å². The van der Waals surface area contributed by atoms with E-state index < -0.39 is 0 Å². The molecule has 0 saturated carbocycles. The van der Waals surface area contributed by atoms with Gasteiger partial charge in [-0.2, -0.15) is 0 Å². The van der Waals surface area contributed by atoms with Crippen LogP contribution >= 0.6 is 23.2 Å². The molecule has 0 aliphatic carbocycles. The lowest BCUT2D eigenvalue weighted by Crippen LogP contribution is -2.12. The lowest BCUT2D eigenvalue weighted by Gasteiger charge is -2.08. The molecule has 1 aromatic carbocycles. The number of anilines is 1. The first-order valence-electron chi connectivity index (χ1n) is 5.31. The molecule has 1 heterocycles. The van der Waals surface area contributed by atoms with Gasteiger partial charge in [0.1, 0.15) is 11.5 Å². The Balaban J connectivity index is 2.30. The minimum Gasteiger partial charge on any atom is -0.466 e. The van der Waals surface area contributed by atoms with Gasteiger partial charge in [0.2, 0.25) is 0 Å². The summed E-state index contributed by atoms with van der Waals surface area (Å²) in [4.78, 5) is 12.1. The summed E-state index contributed by atoms with van der Waals surface area (Å²) in [6.07, 6.45) is 0. The van der Waals surface area contributed by atoms with Crippen molar-refractivity contribution in [1.29, 1.82) is 0 Å². The highest BCUT2D eigenvalue weighted by Gasteiger charge is 2.16. The molecule has 0 spiro atoms. The third kappa shape index (κ3) is 2.52. The summed E-state index contributed by atoms with van der Waals surface area (Å²) in [5, 5.41) is 3.48. The molecule has 0 radical (unpaired) electrons. The second-order valence-corrected chi connectivity index (χ2v) is 4.69. The molecule has 0 aliphatic heterocycles. The van der Waals surface area contributed by atoms with Crippen molar-refractivity contribution < 1.29 is 9.21 Å². The van der Waals surface area contributed by atoms with Crippen molar-refractivity contribution in [2.75, 3.05) is 5.32 Å². The number of aryl methyl sites for hydroxylation is 2. The van der Waals surface area contributed by atoms with Crippen molar-refractivity contribution in [3.8, 4) is 0 Å². The lowest BCUT2D eigenvalue weighted by molar-refractivity contribution is 0.102. The summed E-state index contributed by atoms with van der Waals surface area (Å²) in [5.74, 6) is 0.954. The Morgan fingerprint density at radius 2 is 1.83 bits per heavy atom. The first-order valence-corrected chi connectivity index (χ1v) is 6.07. The molecule has 1 amide bonds. The van der Waals surface area contributed by atoms with Crippen LogP contribution in [-0.4, -0.2) is 5.91 Å². The molecule has 0 aliphatic rings. The Kier molecular flexibility index (Phi) is 3.64. The van der Waals surface area contributed by atoms with Crippen molar-refractivity contribution in [1.82, 2.24) is 0 Å². The molecule has 18 heavy (non-hydrogen) atoms. The molecule has 5 heteroatoms. The van der Waals surface area contributed by atoms with Crippen LogP contribution in [-0.2, 0) is 0 Å². The van der Waals surface area contributed by atoms with Crippen LogP contribution in [0.3, 0.4) is 0 Å². The van der Waals surface area contributed by atoms with E-state index in [-0.39, 0.29) is 5.91 Å². The van der Waals surface area contributed by atoms with Gasteiger partial charge in [-0.15, -0.1) is 0 Å². The van der Waals surface area contributed by atoms with Gasteiger partial charge in [-0.05, 0) is 32.0 Å². The lowest BCUT2D eigenvalue weighted by atomic mass is 10.2. The molecule has 0 unspecified atom stereocenters. The topological polar surface area (TPSA) is 42.2 Å². The van der Waals surface area contributed by atoms with Crippen LogP contribution in [0.4, 0.5) is 5.69 Å². The van der Waals surface area contributed by atoms with E-state index in [4.69, 9.17) is 27.6 Å². The van der Waals surface area contributed by atoms with Gasteiger partial charge in [-0.25, -0.2) is 0 Å². The fourth-order valence-electron chi connectivity index (χ4n) is 1.65. The van der Waals surface area contributed by atoms with E-state index in [1.54, 1.807) is 38.1 Å². The number of para-hydroxylation sites is 1. The Morgan fingerprint density at radius 3 is 2.33 bits per heavy atom. The number of carbonyl (C=O) groups excluding carboxylic acids is 1. The summed E-state index contributed by atoms with van der Waals surface area (Å²) in [7, 11) is 0. The number of benzene rings is 1. The molecule has 0 atom stereocenters. The number of nitrogens with one attached hydrogen (secondary N) is 1. The minimum atomic E-state index is -0.292. The summed E-state index contributed by atoms with van der Waals surface area (Å²) < 4.78 is 5.31. The number of hydrogen-bond acceptors (Lipinski definition) is 2. The van der Waals surface area contributed by atoms with Gasteiger partial charge in [0.25, 0.3) is 5.91 Å². The zero-order chi connectivity index (χ0) is 13.3. The monoisotopic (exact) mass is 283 g/mol. The van der Waals surface area contributed by atoms with Crippen LogP contribution in [0.15, 0.2) is 28.7 Å². The average molecular weight is 284 g/mol. The van der Waals surface area contributed by atoms with Gasteiger partial charge in [0.15, 0.2) is 0 Å². The largest absolute Gasteiger partial charge is 0.466 e. The van der Waals surface area contributed by atoms with Crippen LogP contribution in [0.2, 0.25) is 10.0 Å². The van der Waals surface area contributed by atoms with E-state index in [0.29, 0.717) is 32.8 Å². The minimum absolute atomic E-state index is 0.292. The number of halogens is 2. The first kappa shape index (κ1) is 13.0. The molecule has 2 rings (SSSR count). The van der Waals surface area contributed by atoms with Gasteiger partial charge in [0, 0.05) is 0 Å². The maximum absolute atomic E-state index is 12.1. The van der Waals surface area contributed by atoms with Crippen LogP contribution in [0, 0.1) is 13.8 Å². The van der Waals surface area contributed by atoms with Gasteiger partial charge >= 0.3 is 0 Å². The molecule has 2 aromatic rings. The summed E-state index contributed by atoms with van der Waals surface area (Å²) in [5.41, 5.74) is 0.882. The van der Waals surface area contributed by atoms with Gasteiger partial charge < -0.3 is 9.73 Å². The highest BCUT2D eigenvalue weighted by molar-refractivity contribution is 6.40. The van der Waals surface area contributed by atoms with Gasteiger partial charge in [-0.1, -0.05) is 29.3 Å². The predicted molar refractivity (Wildman–Crippen MR) is 72.6 cm³/mol. The number of amides is 1. The highest BCUT2D eigenvalue weighted by Crippen LogP contribution is 2.30. The van der Waals surface area contributed by atoms with Gasteiger partial charge in [0.05, 0.1) is 21.3 Å². The maximum atomic E-state index is 12.1. The number of rotatable bonds is 2.